The first-order valence-electron chi connectivity index (χ1n) is 10.7. The van der Waals surface area contributed by atoms with E-state index in [1.54, 1.807) is 12.1 Å². The Morgan fingerprint density at radius 2 is 1.91 bits per heavy atom. The number of rotatable bonds is 8. The van der Waals surface area contributed by atoms with Crippen LogP contribution in [-0.4, -0.2) is 32.2 Å². The lowest BCUT2D eigenvalue weighted by Crippen LogP contribution is -2.26. The van der Waals surface area contributed by atoms with Crippen molar-refractivity contribution in [3.05, 3.63) is 56.4 Å². The summed E-state index contributed by atoms with van der Waals surface area (Å²) in [5.41, 5.74) is 0.703. The standard InChI is InChI=1S/C24H27F3INO3/c1-23(2)31-12-16(32-23)11-24(6-7-24)13-29-22-17(21(27)19(26)10-20(22)30-3)8-14-4-5-15(28)9-18(14)25/h4-5,9-10,16,29H,6-8,11-13H2,1-3H3. The van der Waals surface area contributed by atoms with Crippen molar-refractivity contribution in [3.8, 4) is 5.75 Å². The maximum absolute atomic E-state index is 14.9. The summed E-state index contributed by atoms with van der Waals surface area (Å²) in [5, 5.41) is 3.30. The van der Waals surface area contributed by atoms with Crippen LogP contribution < -0.4 is 10.1 Å². The number of hydrogen-bond donors (Lipinski definition) is 1. The highest BCUT2D eigenvalue weighted by molar-refractivity contribution is 14.1. The number of hydrogen-bond acceptors (Lipinski definition) is 4. The third kappa shape index (κ3) is 5.17. The molecule has 2 aromatic carbocycles. The second-order valence-corrected chi connectivity index (χ2v) is 10.4. The highest BCUT2D eigenvalue weighted by Crippen LogP contribution is 2.51. The maximum atomic E-state index is 14.9. The van der Waals surface area contributed by atoms with E-state index in [9.17, 15) is 13.2 Å². The van der Waals surface area contributed by atoms with Crippen LogP contribution in [0.2, 0.25) is 0 Å². The molecule has 2 fully saturated rings. The van der Waals surface area contributed by atoms with Crippen molar-refractivity contribution in [2.45, 2.75) is 51.4 Å². The molecular weight excluding hydrogens is 534 g/mol. The first-order valence-corrected chi connectivity index (χ1v) is 11.7. The van der Waals surface area contributed by atoms with Gasteiger partial charge < -0.3 is 19.5 Å². The van der Waals surface area contributed by atoms with Crippen LogP contribution in [0.3, 0.4) is 0 Å². The number of anilines is 1. The van der Waals surface area contributed by atoms with Gasteiger partial charge in [0.15, 0.2) is 17.4 Å². The van der Waals surface area contributed by atoms with Gasteiger partial charge in [-0.2, -0.15) is 0 Å². The van der Waals surface area contributed by atoms with Crippen LogP contribution in [0.25, 0.3) is 0 Å². The molecule has 0 aromatic heterocycles. The molecule has 1 unspecified atom stereocenters. The van der Waals surface area contributed by atoms with Gasteiger partial charge in [-0.25, -0.2) is 13.2 Å². The summed E-state index contributed by atoms with van der Waals surface area (Å²) in [6, 6.07) is 5.74. The lowest BCUT2D eigenvalue weighted by Gasteiger charge is -2.24. The van der Waals surface area contributed by atoms with Crippen LogP contribution in [-0.2, 0) is 15.9 Å². The second kappa shape index (κ2) is 9.02. The molecule has 2 aromatic rings. The van der Waals surface area contributed by atoms with E-state index < -0.39 is 23.2 Å². The van der Waals surface area contributed by atoms with Crippen LogP contribution in [0.5, 0.6) is 5.75 Å². The Hall–Kier alpha value is -1.52. The molecule has 0 bridgehead atoms. The predicted molar refractivity (Wildman–Crippen MR) is 125 cm³/mol. The zero-order chi connectivity index (χ0) is 23.1. The van der Waals surface area contributed by atoms with Gasteiger partial charge in [0.1, 0.15) is 11.6 Å². The van der Waals surface area contributed by atoms with Crippen molar-refractivity contribution in [1.29, 1.82) is 0 Å². The van der Waals surface area contributed by atoms with Crippen molar-refractivity contribution < 1.29 is 27.4 Å². The van der Waals surface area contributed by atoms with Gasteiger partial charge in [0.2, 0.25) is 0 Å². The molecule has 32 heavy (non-hydrogen) atoms. The second-order valence-electron chi connectivity index (χ2n) is 9.15. The zero-order valence-electron chi connectivity index (χ0n) is 18.4. The first kappa shape index (κ1) is 23.6. The van der Waals surface area contributed by atoms with Gasteiger partial charge in [-0.3, -0.25) is 0 Å². The van der Waals surface area contributed by atoms with E-state index in [-0.39, 0.29) is 29.3 Å². The molecule has 8 heteroatoms. The van der Waals surface area contributed by atoms with Gasteiger partial charge >= 0.3 is 0 Å². The van der Waals surface area contributed by atoms with Gasteiger partial charge in [-0.1, -0.05) is 6.07 Å². The lowest BCUT2D eigenvalue weighted by atomic mass is 9.97. The Bertz CT molecular complexity index is 1010. The summed E-state index contributed by atoms with van der Waals surface area (Å²) in [6.07, 6.45) is 2.74. The normalized spacial score (nSPS) is 20.9. The SMILES string of the molecule is COc1cc(F)c(F)c(Cc2ccc(I)cc2F)c1NCC1(CC2COC(C)(C)O2)CC1. The van der Waals surface area contributed by atoms with Gasteiger partial charge in [0.25, 0.3) is 0 Å². The molecule has 1 aliphatic carbocycles. The molecule has 2 aliphatic rings. The van der Waals surface area contributed by atoms with Gasteiger partial charge in [-0.15, -0.1) is 0 Å². The number of halogens is 4. The molecular formula is C24H27F3INO3. The highest BCUT2D eigenvalue weighted by atomic mass is 127. The first-order chi connectivity index (χ1) is 15.1. The topological polar surface area (TPSA) is 39.7 Å². The Kier molecular flexibility index (Phi) is 6.66. The average Bonchev–Trinajstić information content (AvgIpc) is 3.40. The number of methoxy groups -OCH3 is 1. The molecule has 1 aliphatic heterocycles. The molecule has 1 atom stereocenters. The third-order valence-corrected chi connectivity index (χ3v) is 6.88. The smallest absolute Gasteiger partial charge is 0.164 e. The Morgan fingerprint density at radius 3 is 2.50 bits per heavy atom. The summed E-state index contributed by atoms with van der Waals surface area (Å²) < 4.78 is 61.4. The van der Waals surface area contributed by atoms with E-state index in [0.717, 1.165) is 28.9 Å². The lowest BCUT2D eigenvalue weighted by molar-refractivity contribution is -0.140. The minimum Gasteiger partial charge on any atom is -0.494 e. The summed E-state index contributed by atoms with van der Waals surface area (Å²) in [6.45, 7) is 4.89. The Morgan fingerprint density at radius 1 is 1.16 bits per heavy atom. The van der Waals surface area contributed by atoms with Crippen molar-refractivity contribution in [2.75, 3.05) is 25.6 Å². The fourth-order valence-electron chi connectivity index (χ4n) is 4.28. The van der Waals surface area contributed by atoms with E-state index in [0.29, 0.717) is 24.4 Å². The Labute approximate surface area is 200 Å². The van der Waals surface area contributed by atoms with Crippen molar-refractivity contribution in [3.63, 3.8) is 0 Å². The number of benzene rings is 2. The van der Waals surface area contributed by atoms with E-state index in [2.05, 4.69) is 5.32 Å². The largest absolute Gasteiger partial charge is 0.494 e. The molecule has 0 amide bonds. The fraction of sp³-hybridized carbons (Fsp3) is 0.500. The van der Waals surface area contributed by atoms with Crippen LogP contribution in [0.15, 0.2) is 24.3 Å². The Balaban J connectivity index is 1.57. The predicted octanol–water partition coefficient (Wildman–Crippen LogP) is 6.04. The average molecular weight is 561 g/mol. The van der Waals surface area contributed by atoms with Crippen LogP contribution in [0.4, 0.5) is 18.9 Å². The zero-order valence-corrected chi connectivity index (χ0v) is 20.5. The van der Waals surface area contributed by atoms with E-state index in [1.165, 1.54) is 13.2 Å². The van der Waals surface area contributed by atoms with Crippen LogP contribution in [0.1, 0.15) is 44.2 Å². The van der Waals surface area contributed by atoms with Crippen molar-refractivity contribution >= 4 is 28.3 Å². The van der Waals surface area contributed by atoms with E-state index in [1.807, 2.05) is 36.4 Å². The molecule has 0 spiro atoms. The van der Waals surface area contributed by atoms with Crippen LogP contribution >= 0.6 is 22.6 Å². The van der Waals surface area contributed by atoms with Gasteiger partial charge in [-0.05, 0) is 78.8 Å². The molecule has 1 N–H and O–H groups in total. The monoisotopic (exact) mass is 561 g/mol. The van der Waals surface area contributed by atoms with Crippen LogP contribution in [0, 0.1) is 26.4 Å². The molecule has 174 valence electrons. The summed E-state index contributed by atoms with van der Waals surface area (Å²) in [4.78, 5) is 0. The van der Waals surface area contributed by atoms with Crippen molar-refractivity contribution in [1.82, 2.24) is 0 Å². The summed E-state index contributed by atoms with van der Waals surface area (Å²) >= 11 is 2.01. The van der Waals surface area contributed by atoms with Crippen molar-refractivity contribution in [2.24, 2.45) is 5.41 Å². The molecule has 1 saturated heterocycles. The number of ether oxygens (including phenoxy) is 3. The summed E-state index contributed by atoms with van der Waals surface area (Å²) in [7, 11) is 1.41. The molecule has 4 nitrogen and oxygen atoms in total. The molecule has 1 saturated carbocycles. The maximum Gasteiger partial charge on any atom is 0.164 e. The molecule has 0 radical (unpaired) electrons. The van der Waals surface area contributed by atoms with Gasteiger partial charge in [0, 0.05) is 28.2 Å². The summed E-state index contributed by atoms with van der Waals surface area (Å²) in [5.74, 6) is -2.85. The minimum atomic E-state index is -1.02. The molecule has 4 rings (SSSR count). The quantitative estimate of drug-likeness (QED) is 0.399. The van der Waals surface area contributed by atoms with Gasteiger partial charge in [0.05, 0.1) is 25.5 Å². The minimum absolute atomic E-state index is 0.00140. The fourth-order valence-corrected chi connectivity index (χ4v) is 4.74. The van der Waals surface area contributed by atoms with E-state index in [4.69, 9.17) is 14.2 Å². The highest BCUT2D eigenvalue weighted by Gasteiger charge is 2.47. The van der Waals surface area contributed by atoms with E-state index >= 15 is 0 Å². The number of nitrogens with one attached hydrogen (secondary N) is 1. The molecule has 1 heterocycles. The third-order valence-electron chi connectivity index (χ3n) is 6.21.